The number of nitrogens with one attached hydrogen (secondary N) is 1. The number of hydrogen-bond donors (Lipinski definition) is 1. The second-order valence-corrected chi connectivity index (χ2v) is 6.59. The van der Waals surface area contributed by atoms with Crippen molar-refractivity contribution in [3.05, 3.63) is 22.5 Å². The maximum absolute atomic E-state index is 12.4. The van der Waals surface area contributed by atoms with Gasteiger partial charge >= 0.3 is 0 Å². The molecule has 0 aliphatic carbocycles. The summed E-state index contributed by atoms with van der Waals surface area (Å²) in [6, 6.07) is 3.50. The molecule has 112 valence electrons. The van der Waals surface area contributed by atoms with Crippen LogP contribution in [-0.2, 0) is 4.79 Å². The van der Waals surface area contributed by atoms with E-state index in [9.17, 15) is 9.59 Å². The number of Topliss-reactive ketones (excluding diaryl/α,β-unsaturated/α-hetero) is 1. The van der Waals surface area contributed by atoms with Gasteiger partial charge < -0.3 is 5.32 Å². The third-order valence-corrected chi connectivity index (χ3v) is 4.97. The third kappa shape index (κ3) is 2.38. The van der Waals surface area contributed by atoms with Crippen LogP contribution in [0.15, 0.2) is 17.6 Å². The van der Waals surface area contributed by atoms with Crippen LogP contribution in [0, 0.1) is 17.2 Å². The number of thiazole rings is 1. The van der Waals surface area contributed by atoms with Crippen LogP contribution in [0.1, 0.15) is 23.0 Å². The predicted octanol–water partition coefficient (Wildman–Crippen LogP) is 2.46. The van der Waals surface area contributed by atoms with Gasteiger partial charge in [0.25, 0.3) is 0 Å². The number of carbonyl (C=O) groups excluding carboxylic acids is 2. The summed E-state index contributed by atoms with van der Waals surface area (Å²) in [4.78, 5) is 30.7. The standard InChI is InChI=1S/C14H12N4O2S2/c1-2-3-16-12(20)8(7-15)11(19)10-6-9-13(22-10)17-14-18(9)4-5-21-14/h4-6,8H,2-3H2,1H3,(H,16,20). The topological polar surface area (TPSA) is 87.3 Å². The molecule has 8 heteroatoms. The van der Waals surface area contributed by atoms with Gasteiger partial charge in [-0.2, -0.15) is 5.26 Å². The fourth-order valence-electron chi connectivity index (χ4n) is 2.10. The molecule has 1 N–H and O–H groups in total. The monoisotopic (exact) mass is 332 g/mol. The van der Waals surface area contributed by atoms with E-state index in [4.69, 9.17) is 5.26 Å². The zero-order valence-corrected chi connectivity index (χ0v) is 13.3. The molecule has 0 aliphatic rings. The SMILES string of the molecule is CCCNC(=O)C(C#N)C(=O)c1cc2c(nc3sccn32)s1. The molecule has 1 atom stereocenters. The molecule has 6 nitrogen and oxygen atoms in total. The van der Waals surface area contributed by atoms with Crippen LogP contribution >= 0.6 is 22.7 Å². The van der Waals surface area contributed by atoms with Crippen LogP contribution in [0.5, 0.6) is 0 Å². The number of rotatable bonds is 5. The highest BCUT2D eigenvalue weighted by atomic mass is 32.1. The summed E-state index contributed by atoms with van der Waals surface area (Å²) >= 11 is 2.73. The van der Waals surface area contributed by atoms with Crippen molar-refractivity contribution in [2.24, 2.45) is 5.92 Å². The molecule has 0 saturated heterocycles. The van der Waals surface area contributed by atoms with Gasteiger partial charge in [-0.3, -0.25) is 14.0 Å². The number of imidazole rings is 1. The number of carbonyl (C=O) groups is 2. The molecular formula is C14H12N4O2S2. The minimum absolute atomic E-state index is 0.385. The molecule has 0 saturated carbocycles. The first kappa shape index (κ1) is 14.7. The Bertz CT molecular complexity index is 899. The van der Waals surface area contributed by atoms with E-state index in [2.05, 4.69) is 10.3 Å². The van der Waals surface area contributed by atoms with Gasteiger partial charge in [-0.15, -0.1) is 22.7 Å². The molecule has 3 aromatic heterocycles. The van der Waals surface area contributed by atoms with Gasteiger partial charge in [0.1, 0.15) is 4.83 Å². The summed E-state index contributed by atoms with van der Waals surface area (Å²) in [7, 11) is 0. The normalized spacial score (nSPS) is 12.4. The number of fused-ring (bicyclic) bond motifs is 3. The lowest BCUT2D eigenvalue weighted by molar-refractivity contribution is -0.122. The van der Waals surface area contributed by atoms with Crippen molar-refractivity contribution in [3.8, 4) is 6.07 Å². The number of aromatic nitrogens is 2. The van der Waals surface area contributed by atoms with Crippen molar-refractivity contribution in [3.63, 3.8) is 0 Å². The van der Waals surface area contributed by atoms with Crippen molar-refractivity contribution in [1.29, 1.82) is 5.26 Å². The van der Waals surface area contributed by atoms with Crippen molar-refractivity contribution in [2.45, 2.75) is 13.3 Å². The second kappa shape index (κ2) is 5.87. The number of ketones is 1. The number of hydrogen-bond acceptors (Lipinski definition) is 6. The average molecular weight is 332 g/mol. The van der Waals surface area contributed by atoms with Crippen LogP contribution < -0.4 is 5.32 Å². The Hall–Kier alpha value is -2.24. The fraction of sp³-hybridized carbons (Fsp3) is 0.286. The second-order valence-electron chi connectivity index (χ2n) is 4.69. The first-order valence-corrected chi connectivity index (χ1v) is 8.42. The molecule has 0 fully saturated rings. The Morgan fingerprint density at radius 1 is 1.55 bits per heavy atom. The minimum atomic E-state index is -1.31. The van der Waals surface area contributed by atoms with E-state index in [0.29, 0.717) is 11.4 Å². The molecular weight excluding hydrogens is 320 g/mol. The van der Waals surface area contributed by atoms with E-state index in [1.54, 1.807) is 12.1 Å². The summed E-state index contributed by atoms with van der Waals surface area (Å²) in [6.07, 6.45) is 2.63. The van der Waals surface area contributed by atoms with E-state index in [0.717, 1.165) is 21.7 Å². The van der Waals surface area contributed by atoms with E-state index in [1.807, 2.05) is 22.9 Å². The van der Waals surface area contributed by atoms with Crippen molar-refractivity contribution in [1.82, 2.24) is 14.7 Å². The first-order chi connectivity index (χ1) is 10.7. The number of nitriles is 1. The Morgan fingerprint density at radius 2 is 2.36 bits per heavy atom. The van der Waals surface area contributed by atoms with Crippen LogP contribution in [-0.4, -0.2) is 27.6 Å². The van der Waals surface area contributed by atoms with Gasteiger partial charge in [0.05, 0.1) is 16.5 Å². The van der Waals surface area contributed by atoms with E-state index in [1.165, 1.54) is 22.7 Å². The molecule has 22 heavy (non-hydrogen) atoms. The fourth-order valence-corrected chi connectivity index (χ4v) is 3.87. The maximum atomic E-state index is 12.4. The molecule has 0 bridgehead atoms. The van der Waals surface area contributed by atoms with E-state index >= 15 is 0 Å². The molecule has 1 unspecified atom stereocenters. The van der Waals surface area contributed by atoms with Crippen LogP contribution in [0.3, 0.4) is 0 Å². The predicted molar refractivity (Wildman–Crippen MR) is 85.2 cm³/mol. The average Bonchev–Trinajstić information content (AvgIpc) is 3.16. The zero-order chi connectivity index (χ0) is 15.7. The summed E-state index contributed by atoms with van der Waals surface area (Å²) in [5.41, 5.74) is 0.829. The molecule has 1 amide bonds. The molecule has 0 spiro atoms. The lowest BCUT2D eigenvalue weighted by Gasteiger charge is -2.07. The van der Waals surface area contributed by atoms with Crippen LogP contribution in [0.25, 0.3) is 15.3 Å². The largest absolute Gasteiger partial charge is 0.355 e. The lowest BCUT2D eigenvalue weighted by Crippen LogP contribution is -2.34. The van der Waals surface area contributed by atoms with Gasteiger partial charge in [-0.05, 0) is 12.5 Å². The minimum Gasteiger partial charge on any atom is -0.355 e. The number of thiophene rings is 1. The lowest BCUT2D eigenvalue weighted by atomic mass is 10.0. The van der Waals surface area contributed by atoms with Crippen LogP contribution in [0.2, 0.25) is 0 Å². The summed E-state index contributed by atoms with van der Waals surface area (Å²) in [5.74, 6) is -2.32. The summed E-state index contributed by atoms with van der Waals surface area (Å²) in [5, 5.41) is 13.6. The van der Waals surface area contributed by atoms with Gasteiger partial charge in [-0.25, -0.2) is 4.98 Å². The molecule has 3 aromatic rings. The zero-order valence-electron chi connectivity index (χ0n) is 11.7. The van der Waals surface area contributed by atoms with Crippen molar-refractivity contribution < 1.29 is 9.59 Å². The molecule has 0 radical (unpaired) electrons. The Kier molecular flexibility index (Phi) is 3.92. The third-order valence-electron chi connectivity index (χ3n) is 3.19. The first-order valence-electron chi connectivity index (χ1n) is 6.72. The highest BCUT2D eigenvalue weighted by Crippen LogP contribution is 2.29. The molecule has 0 aliphatic heterocycles. The van der Waals surface area contributed by atoms with E-state index in [-0.39, 0.29) is 0 Å². The van der Waals surface area contributed by atoms with Gasteiger partial charge in [0, 0.05) is 18.1 Å². The smallest absolute Gasteiger partial charge is 0.245 e. The Balaban J connectivity index is 1.91. The Morgan fingerprint density at radius 3 is 3.09 bits per heavy atom. The molecule has 0 aromatic carbocycles. The number of amides is 1. The van der Waals surface area contributed by atoms with Crippen molar-refractivity contribution in [2.75, 3.05) is 6.54 Å². The summed E-state index contributed by atoms with van der Waals surface area (Å²) < 4.78 is 1.89. The van der Waals surface area contributed by atoms with Gasteiger partial charge in [0.15, 0.2) is 16.7 Å². The molecule has 3 heterocycles. The van der Waals surface area contributed by atoms with Crippen molar-refractivity contribution >= 4 is 49.7 Å². The maximum Gasteiger partial charge on any atom is 0.245 e. The van der Waals surface area contributed by atoms with Gasteiger partial charge in [-0.1, -0.05) is 6.92 Å². The molecule has 3 rings (SSSR count). The highest BCUT2D eigenvalue weighted by Gasteiger charge is 2.29. The summed E-state index contributed by atoms with van der Waals surface area (Å²) in [6.45, 7) is 2.36. The van der Waals surface area contributed by atoms with Crippen LogP contribution in [0.4, 0.5) is 0 Å². The number of nitrogens with zero attached hydrogens (tertiary/aromatic N) is 3. The van der Waals surface area contributed by atoms with Gasteiger partial charge in [0.2, 0.25) is 5.91 Å². The quantitative estimate of drug-likeness (QED) is 0.574. The Labute approximate surface area is 134 Å². The van der Waals surface area contributed by atoms with E-state index < -0.39 is 17.6 Å². The highest BCUT2D eigenvalue weighted by molar-refractivity contribution is 7.21.